The van der Waals surface area contributed by atoms with Crippen LogP contribution in [-0.4, -0.2) is 43.0 Å². The summed E-state index contributed by atoms with van der Waals surface area (Å²) in [6.07, 6.45) is 8.91. The van der Waals surface area contributed by atoms with Crippen LogP contribution < -0.4 is 5.32 Å². The van der Waals surface area contributed by atoms with Gasteiger partial charge in [-0.25, -0.2) is 4.98 Å². The number of allylic oxidation sites excluding steroid dienone is 1. The zero-order chi connectivity index (χ0) is 16.2. The number of thiazole rings is 1. The van der Waals surface area contributed by atoms with E-state index in [2.05, 4.69) is 39.2 Å². The molecule has 1 N–H and O–H groups in total. The van der Waals surface area contributed by atoms with Crippen molar-refractivity contribution >= 4 is 41.3 Å². The summed E-state index contributed by atoms with van der Waals surface area (Å²) >= 11 is 1.75. The third-order valence-corrected chi connectivity index (χ3v) is 4.52. The first-order chi connectivity index (χ1) is 10.7. The van der Waals surface area contributed by atoms with E-state index in [4.69, 9.17) is 0 Å². The number of aliphatic imine (C=N–C) groups is 1. The van der Waals surface area contributed by atoms with Crippen molar-refractivity contribution in [2.75, 3.05) is 27.2 Å². The van der Waals surface area contributed by atoms with Crippen LogP contribution in [0, 0.1) is 6.92 Å². The van der Waals surface area contributed by atoms with Gasteiger partial charge in [0.25, 0.3) is 0 Å². The van der Waals surface area contributed by atoms with E-state index >= 15 is 0 Å². The van der Waals surface area contributed by atoms with Crippen LogP contribution in [0.5, 0.6) is 0 Å². The minimum atomic E-state index is 0. The lowest BCUT2D eigenvalue weighted by atomic mass is 10.2. The Morgan fingerprint density at radius 2 is 2.17 bits per heavy atom. The summed E-state index contributed by atoms with van der Waals surface area (Å²) in [4.78, 5) is 11.1. The molecule has 132 valence electrons. The van der Waals surface area contributed by atoms with Crippen molar-refractivity contribution < 1.29 is 0 Å². The standard InChI is InChI=1S/C17H30N4S.HI/c1-5-6-7-8-9-13-21(4)17(18-3)19-12-10-11-16-20-15(2)14-22-16;/h5,14H,1,6-13H2,2-4H3,(H,18,19);1H. The van der Waals surface area contributed by atoms with E-state index in [1.54, 1.807) is 11.3 Å². The van der Waals surface area contributed by atoms with E-state index in [0.29, 0.717) is 0 Å². The molecular weight excluding hydrogens is 419 g/mol. The van der Waals surface area contributed by atoms with Crippen molar-refractivity contribution in [1.82, 2.24) is 15.2 Å². The van der Waals surface area contributed by atoms with Crippen molar-refractivity contribution in [2.24, 2.45) is 4.99 Å². The summed E-state index contributed by atoms with van der Waals surface area (Å²) < 4.78 is 0. The Morgan fingerprint density at radius 3 is 2.78 bits per heavy atom. The molecule has 0 fully saturated rings. The fraction of sp³-hybridized carbons (Fsp3) is 0.647. The highest BCUT2D eigenvalue weighted by molar-refractivity contribution is 14.0. The van der Waals surface area contributed by atoms with E-state index in [0.717, 1.165) is 44.0 Å². The quantitative estimate of drug-likeness (QED) is 0.191. The molecule has 0 amide bonds. The molecule has 6 heteroatoms. The maximum atomic E-state index is 4.49. The smallest absolute Gasteiger partial charge is 0.193 e. The molecular formula is C17H31IN4S. The van der Waals surface area contributed by atoms with Gasteiger partial charge in [-0.2, -0.15) is 0 Å². The number of unbranched alkanes of at least 4 members (excludes halogenated alkanes) is 3. The molecule has 0 radical (unpaired) electrons. The Bertz CT molecular complexity index is 459. The Hall–Kier alpha value is -0.630. The first-order valence-corrected chi connectivity index (χ1v) is 8.99. The number of rotatable bonds is 10. The minimum Gasteiger partial charge on any atom is -0.356 e. The zero-order valence-corrected chi connectivity index (χ0v) is 17.8. The van der Waals surface area contributed by atoms with Crippen LogP contribution in [0.15, 0.2) is 23.0 Å². The van der Waals surface area contributed by atoms with Gasteiger partial charge < -0.3 is 10.2 Å². The largest absolute Gasteiger partial charge is 0.356 e. The summed E-state index contributed by atoms with van der Waals surface area (Å²) in [5.41, 5.74) is 1.12. The molecule has 0 saturated carbocycles. The monoisotopic (exact) mass is 450 g/mol. The zero-order valence-electron chi connectivity index (χ0n) is 14.7. The molecule has 0 saturated heterocycles. The number of aromatic nitrogens is 1. The number of nitrogens with one attached hydrogen (secondary N) is 1. The molecule has 0 aromatic carbocycles. The van der Waals surface area contributed by atoms with Gasteiger partial charge in [0, 0.05) is 44.7 Å². The number of hydrogen-bond donors (Lipinski definition) is 1. The fourth-order valence-corrected chi connectivity index (χ4v) is 3.08. The Balaban J connectivity index is 0.00000484. The van der Waals surface area contributed by atoms with Crippen LogP contribution in [0.1, 0.15) is 42.8 Å². The van der Waals surface area contributed by atoms with Crippen molar-refractivity contribution in [2.45, 2.75) is 45.4 Å². The second-order valence-electron chi connectivity index (χ2n) is 5.52. The molecule has 0 spiro atoms. The predicted molar refractivity (Wildman–Crippen MR) is 113 cm³/mol. The van der Waals surface area contributed by atoms with Crippen molar-refractivity contribution in [3.8, 4) is 0 Å². The van der Waals surface area contributed by atoms with E-state index in [9.17, 15) is 0 Å². The highest BCUT2D eigenvalue weighted by Gasteiger charge is 2.05. The molecule has 1 aromatic rings. The number of nitrogens with zero attached hydrogens (tertiary/aromatic N) is 3. The van der Waals surface area contributed by atoms with E-state index < -0.39 is 0 Å². The summed E-state index contributed by atoms with van der Waals surface area (Å²) in [7, 11) is 3.95. The van der Waals surface area contributed by atoms with E-state index in [1.165, 1.54) is 24.3 Å². The molecule has 1 aromatic heterocycles. The van der Waals surface area contributed by atoms with Gasteiger partial charge >= 0.3 is 0 Å². The third-order valence-electron chi connectivity index (χ3n) is 3.49. The lowest BCUT2D eigenvalue weighted by Gasteiger charge is -2.22. The molecule has 0 bridgehead atoms. The highest BCUT2D eigenvalue weighted by atomic mass is 127. The van der Waals surface area contributed by atoms with Gasteiger partial charge in [0.1, 0.15) is 0 Å². The molecule has 0 aliphatic rings. The maximum Gasteiger partial charge on any atom is 0.193 e. The summed E-state index contributed by atoms with van der Waals surface area (Å²) in [6.45, 7) is 7.78. The van der Waals surface area contributed by atoms with Crippen LogP contribution in [0.25, 0.3) is 0 Å². The van der Waals surface area contributed by atoms with Gasteiger partial charge in [-0.1, -0.05) is 12.5 Å². The maximum absolute atomic E-state index is 4.49. The molecule has 1 heterocycles. The normalized spacial score (nSPS) is 11.0. The lowest BCUT2D eigenvalue weighted by Crippen LogP contribution is -2.39. The van der Waals surface area contributed by atoms with Crippen LogP contribution >= 0.6 is 35.3 Å². The Kier molecular flexibility index (Phi) is 13.4. The SMILES string of the molecule is C=CCCCCCN(C)C(=NC)NCCCc1nc(C)cs1.I. The minimum absolute atomic E-state index is 0. The predicted octanol–water partition coefficient (Wildman–Crippen LogP) is 4.26. The van der Waals surface area contributed by atoms with Crippen LogP contribution in [0.3, 0.4) is 0 Å². The van der Waals surface area contributed by atoms with Gasteiger partial charge in [0.2, 0.25) is 0 Å². The molecule has 1 rings (SSSR count). The second-order valence-corrected chi connectivity index (χ2v) is 6.46. The summed E-state index contributed by atoms with van der Waals surface area (Å²) in [5.74, 6) is 0.985. The van der Waals surface area contributed by atoms with Crippen LogP contribution in [0.2, 0.25) is 0 Å². The van der Waals surface area contributed by atoms with Gasteiger partial charge in [-0.15, -0.1) is 41.9 Å². The van der Waals surface area contributed by atoms with E-state index in [1.807, 2.05) is 20.0 Å². The summed E-state index contributed by atoms with van der Waals surface area (Å²) in [5, 5.41) is 6.77. The van der Waals surface area contributed by atoms with Crippen LogP contribution in [0.4, 0.5) is 0 Å². The first-order valence-electron chi connectivity index (χ1n) is 8.11. The van der Waals surface area contributed by atoms with Gasteiger partial charge in [0.05, 0.1) is 5.01 Å². The van der Waals surface area contributed by atoms with Crippen molar-refractivity contribution in [3.63, 3.8) is 0 Å². The van der Waals surface area contributed by atoms with Gasteiger partial charge in [-0.3, -0.25) is 4.99 Å². The number of halogens is 1. The number of guanidine groups is 1. The molecule has 4 nitrogen and oxygen atoms in total. The molecule has 0 unspecified atom stereocenters. The average molecular weight is 450 g/mol. The van der Waals surface area contributed by atoms with Crippen molar-refractivity contribution in [1.29, 1.82) is 0 Å². The second kappa shape index (κ2) is 13.8. The molecule has 0 aliphatic carbocycles. The topological polar surface area (TPSA) is 40.5 Å². The van der Waals surface area contributed by atoms with Crippen LogP contribution in [-0.2, 0) is 6.42 Å². The highest BCUT2D eigenvalue weighted by Crippen LogP contribution is 2.10. The molecule has 0 atom stereocenters. The number of aryl methyl sites for hydroxylation is 2. The van der Waals surface area contributed by atoms with E-state index in [-0.39, 0.29) is 24.0 Å². The Morgan fingerprint density at radius 1 is 1.39 bits per heavy atom. The first kappa shape index (κ1) is 22.4. The molecule has 23 heavy (non-hydrogen) atoms. The van der Waals surface area contributed by atoms with Gasteiger partial charge in [0.15, 0.2) is 5.96 Å². The fourth-order valence-electron chi connectivity index (χ4n) is 2.26. The molecule has 0 aliphatic heterocycles. The number of hydrogen-bond acceptors (Lipinski definition) is 3. The average Bonchev–Trinajstić information content (AvgIpc) is 2.92. The third kappa shape index (κ3) is 9.96. The Labute approximate surface area is 162 Å². The van der Waals surface area contributed by atoms with Crippen molar-refractivity contribution in [3.05, 3.63) is 28.7 Å². The van der Waals surface area contributed by atoms with Gasteiger partial charge in [-0.05, 0) is 32.6 Å². The lowest BCUT2D eigenvalue weighted by molar-refractivity contribution is 0.454. The summed E-state index contributed by atoms with van der Waals surface area (Å²) in [6, 6.07) is 0.